The molecule has 0 aromatic carbocycles. The molecule has 4 rings (SSSR count). The number of pyridine rings is 1. The van der Waals surface area contributed by atoms with Crippen molar-refractivity contribution in [1.82, 2.24) is 20.3 Å². The Labute approximate surface area is 194 Å². The molecule has 9 heteroatoms. The third-order valence-corrected chi connectivity index (χ3v) is 6.47. The Morgan fingerprint density at radius 3 is 2.67 bits per heavy atom. The van der Waals surface area contributed by atoms with Gasteiger partial charge in [0.15, 0.2) is 11.6 Å². The first-order valence-corrected chi connectivity index (χ1v) is 11.7. The first-order chi connectivity index (χ1) is 16.0. The van der Waals surface area contributed by atoms with Crippen LogP contribution in [0.2, 0.25) is 0 Å². The molecule has 2 aliphatic rings. The number of nitrogens with zero attached hydrogens (tertiary/aromatic N) is 4. The molecule has 2 aromatic heterocycles. The van der Waals surface area contributed by atoms with Gasteiger partial charge in [-0.15, -0.1) is 0 Å². The van der Waals surface area contributed by atoms with Crippen molar-refractivity contribution in [1.29, 1.82) is 5.26 Å². The van der Waals surface area contributed by atoms with E-state index in [1.165, 1.54) is 6.20 Å². The summed E-state index contributed by atoms with van der Waals surface area (Å²) in [5.74, 6) is 1.04. The van der Waals surface area contributed by atoms with Crippen LogP contribution in [-0.4, -0.2) is 53.3 Å². The van der Waals surface area contributed by atoms with Crippen molar-refractivity contribution in [2.75, 3.05) is 30.9 Å². The summed E-state index contributed by atoms with van der Waals surface area (Å²) in [6, 6.07) is 6.88. The minimum absolute atomic E-state index is 0.291. The molecule has 0 saturated heterocycles. The van der Waals surface area contributed by atoms with Crippen molar-refractivity contribution in [3.63, 3.8) is 0 Å². The number of aromatic nitrogens is 3. The van der Waals surface area contributed by atoms with Gasteiger partial charge in [0, 0.05) is 38.0 Å². The van der Waals surface area contributed by atoms with E-state index in [-0.39, 0.29) is 5.41 Å². The lowest BCUT2D eigenvalue weighted by atomic mass is 9.90. The van der Waals surface area contributed by atoms with Crippen LogP contribution in [0.3, 0.4) is 0 Å². The van der Waals surface area contributed by atoms with Crippen LogP contribution in [0.25, 0.3) is 11.4 Å². The van der Waals surface area contributed by atoms with Crippen molar-refractivity contribution in [3.05, 3.63) is 30.3 Å². The van der Waals surface area contributed by atoms with E-state index in [9.17, 15) is 9.65 Å². The van der Waals surface area contributed by atoms with Crippen LogP contribution >= 0.6 is 0 Å². The normalized spacial score (nSPS) is 22.2. The van der Waals surface area contributed by atoms with Gasteiger partial charge in [-0.2, -0.15) is 5.26 Å². The Morgan fingerprint density at radius 2 is 1.97 bits per heavy atom. The fourth-order valence-electron chi connectivity index (χ4n) is 4.33. The zero-order chi connectivity index (χ0) is 23.3. The molecule has 3 N–H and O–H groups in total. The number of nitriles is 1. The minimum Gasteiger partial charge on any atom is -0.383 e. The number of halogens is 1. The highest BCUT2D eigenvalue weighted by Gasteiger charge is 2.42. The molecular weight excluding hydrogens is 421 g/mol. The number of hydrogen-bond acceptors (Lipinski definition) is 8. The standard InChI is InChI=1S/C24H32FN7O/c1-16(13-33-2)30-17-3-5-18(6-4-17)31-22-11-19(20(25)12-28-22)23-27-10-7-21(32-23)29-15-24(14-26)8-9-24/h7,10-12,16-18,30H,3-6,8-9,13,15H2,1-2H3,(H,28,31)(H,27,29,32)/t16-,17?,18?/m1/s1. The zero-order valence-corrected chi connectivity index (χ0v) is 19.3. The van der Waals surface area contributed by atoms with Crippen LogP contribution in [-0.2, 0) is 4.74 Å². The van der Waals surface area contributed by atoms with Gasteiger partial charge in [0.05, 0.1) is 29.9 Å². The molecule has 2 aliphatic carbocycles. The predicted molar refractivity (Wildman–Crippen MR) is 125 cm³/mol. The van der Waals surface area contributed by atoms with E-state index >= 15 is 0 Å². The summed E-state index contributed by atoms with van der Waals surface area (Å²) in [7, 11) is 1.72. The summed E-state index contributed by atoms with van der Waals surface area (Å²) in [6.45, 7) is 3.38. The molecule has 0 amide bonds. The summed E-state index contributed by atoms with van der Waals surface area (Å²) in [6.07, 6.45) is 8.78. The molecule has 8 nitrogen and oxygen atoms in total. The second-order valence-electron chi connectivity index (χ2n) is 9.28. The number of anilines is 2. The second-order valence-corrected chi connectivity index (χ2v) is 9.28. The minimum atomic E-state index is -0.464. The van der Waals surface area contributed by atoms with Crippen LogP contribution in [0.5, 0.6) is 0 Å². The maximum atomic E-state index is 14.6. The molecule has 0 radical (unpaired) electrons. The SMILES string of the molecule is COC[C@@H](C)NC1CCC(Nc2cc(-c3nccc(NCC4(C#N)CC4)n3)c(F)cn2)CC1. The van der Waals surface area contributed by atoms with Crippen molar-refractivity contribution in [2.45, 2.75) is 63.6 Å². The van der Waals surface area contributed by atoms with Crippen LogP contribution in [0.4, 0.5) is 16.0 Å². The van der Waals surface area contributed by atoms with Gasteiger partial charge in [0.25, 0.3) is 0 Å². The molecular formula is C24H32FN7O. The summed E-state index contributed by atoms with van der Waals surface area (Å²) >= 11 is 0. The molecule has 0 aliphatic heterocycles. The zero-order valence-electron chi connectivity index (χ0n) is 19.3. The molecule has 2 aromatic rings. The van der Waals surface area contributed by atoms with Gasteiger partial charge in [-0.1, -0.05) is 0 Å². The van der Waals surface area contributed by atoms with E-state index in [4.69, 9.17) is 4.74 Å². The molecule has 2 fully saturated rings. The Bertz CT molecular complexity index is 983. The summed E-state index contributed by atoms with van der Waals surface area (Å²) in [4.78, 5) is 13.0. The average molecular weight is 454 g/mol. The van der Waals surface area contributed by atoms with Gasteiger partial charge in [-0.25, -0.2) is 19.3 Å². The summed E-state index contributed by atoms with van der Waals surface area (Å²) in [5, 5.41) is 19.5. The lowest BCUT2D eigenvalue weighted by molar-refractivity contribution is 0.161. The predicted octanol–water partition coefficient (Wildman–Crippen LogP) is 3.74. The highest BCUT2D eigenvalue weighted by Crippen LogP contribution is 2.44. The number of nitrogens with one attached hydrogen (secondary N) is 3. The number of methoxy groups -OCH3 is 1. The molecule has 176 valence electrons. The lowest BCUT2D eigenvalue weighted by Gasteiger charge is -2.31. The molecule has 0 spiro atoms. The number of hydrogen-bond donors (Lipinski definition) is 3. The molecule has 0 bridgehead atoms. The molecule has 2 heterocycles. The number of rotatable bonds is 10. The van der Waals surface area contributed by atoms with E-state index in [1.54, 1.807) is 25.4 Å². The fraction of sp³-hybridized carbons (Fsp3) is 0.583. The van der Waals surface area contributed by atoms with Gasteiger partial charge >= 0.3 is 0 Å². The van der Waals surface area contributed by atoms with E-state index in [2.05, 4.69) is 43.9 Å². The maximum absolute atomic E-state index is 14.6. The third-order valence-electron chi connectivity index (χ3n) is 6.47. The van der Waals surface area contributed by atoms with Crippen LogP contribution in [0.1, 0.15) is 45.4 Å². The van der Waals surface area contributed by atoms with Crippen molar-refractivity contribution in [3.8, 4) is 17.5 Å². The Kier molecular flexibility index (Phi) is 7.36. The van der Waals surface area contributed by atoms with Crippen molar-refractivity contribution in [2.24, 2.45) is 5.41 Å². The fourth-order valence-corrected chi connectivity index (χ4v) is 4.33. The summed E-state index contributed by atoms with van der Waals surface area (Å²) < 4.78 is 19.8. The van der Waals surface area contributed by atoms with Crippen LogP contribution in [0, 0.1) is 22.6 Å². The average Bonchev–Trinajstić information content (AvgIpc) is 3.61. The number of ether oxygens (including phenoxy) is 1. The Morgan fingerprint density at radius 1 is 1.21 bits per heavy atom. The van der Waals surface area contributed by atoms with Gasteiger partial charge < -0.3 is 20.7 Å². The largest absolute Gasteiger partial charge is 0.383 e. The van der Waals surface area contributed by atoms with Crippen LogP contribution < -0.4 is 16.0 Å². The van der Waals surface area contributed by atoms with Crippen molar-refractivity contribution < 1.29 is 9.13 Å². The van der Waals surface area contributed by atoms with E-state index in [0.29, 0.717) is 54.3 Å². The lowest BCUT2D eigenvalue weighted by Crippen LogP contribution is -2.42. The van der Waals surface area contributed by atoms with Gasteiger partial charge in [-0.05, 0) is 57.6 Å². The van der Waals surface area contributed by atoms with E-state index in [1.807, 2.05) is 0 Å². The first-order valence-electron chi connectivity index (χ1n) is 11.7. The molecule has 0 unspecified atom stereocenters. The summed E-state index contributed by atoms with van der Waals surface area (Å²) in [5.41, 5.74) is 0.0156. The quantitative estimate of drug-likeness (QED) is 0.499. The Hall–Kier alpha value is -2.83. The Balaban J connectivity index is 1.37. The van der Waals surface area contributed by atoms with Crippen molar-refractivity contribution >= 4 is 11.6 Å². The smallest absolute Gasteiger partial charge is 0.164 e. The molecule has 2 saturated carbocycles. The highest BCUT2D eigenvalue weighted by molar-refractivity contribution is 5.61. The van der Waals surface area contributed by atoms with E-state index in [0.717, 1.165) is 38.5 Å². The van der Waals surface area contributed by atoms with E-state index < -0.39 is 5.82 Å². The third kappa shape index (κ3) is 6.15. The highest BCUT2D eigenvalue weighted by atomic mass is 19.1. The van der Waals surface area contributed by atoms with Gasteiger partial charge in [0.1, 0.15) is 11.6 Å². The first kappa shape index (κ1) is 23.3. The topological polar surface area (TPSA) is 108 Å². The van der Waals surface area contributed by atoms with Gasteiger partial charge in [0.2, 0.25) is 0 Å². The molecule has 1 atom stereocenters. The monoisotopic (exact) mass is 453 g/mol. The maximum Gasteiger partial charge on any atom is 0.164 e. The van der Waals surface area contributed by atoms with Gasteiger partial charge in [-0.3, -0.25) is 0 Å². The second kappa shape index (κ2) is 10.4. The van der Waals surface area contributed by atoms with Crippen LogP contribution in [0.15, 0.2) is 24.5 Å². The molecule has 33 heavy (non-hydrogen) atoms.